The largest absolute Gasteiger partial charge is 0.347 e. The topological polar surface area (TPSA) is 44.0 Å². The Labute approximate surface area is 103 Å². The highest BCUT2D eigenvalue weighted by Gasteiger charge is 2.31. The first-order valence-corrected chi connectivity index (χ1v) is 6.84. The van der Waals surface area contributed by atoms with Crippen molar-refractivity contribution >= 4 is 0 Å². The van der Waals surface area contributed by atoms with Gasteiger partial charge in [-0.25, -0.2) is 4.98 Å². The molecular weight excluding hydrogens is 212 g/mol. The van der Waals surface area contributed by atoms with Crippen LogP contribution in [0.4, 0.5) is 0 Å². The summed E-state index contributed by atoms with van der Waals surface area (Å²) in [4.78, 5) is 9.99. The molecule has 1 aromatic rings. The smallest absolute Gasteiger partial charge is 0.0922 e. The van der Waals surface area contributed by atoms with Crippen LogP contribution in [0.3, 0.4) is 0 Å². The maximum absolute atomic E-state index is 4.11. The monoisotopic (exact) mass is 234 g/mol. The molecule has 0 aromatic carbocycles. The van der Waals surface area contributed by atoms with E-state index in [-0.39, 0.29) is 0 Å². The lowest BCUT2D eigenvalue weighted by Crippen LogP contribution is -2.37. The van der Waals surface area contributed by atoms with Gasteiger partial charge >= 0.3 is 0 Å². The number of hydrogen-bond acceptors (Lipinski definition) is 3. The Morgan fingerprint density at radius 1 is 1.24 bits per heavy atom. The summed E-state index contributed by atoms with van der Waals surface area (Å²) in [6.07, 6.45) is 9.19. The molecular formula is C13H22N4. The van der Waals surface area contributed by atoms with Crippen molar-refractivity contribution in [3.05, 3.63) is 18.2 Å². The van der Waals surface area contributed by atoms with Gasteiger partial charge in [0.25, 0.3) is 0 Å². The number of rotatable bonds is 5. The lowest BCUT2D eigenvalue weighted by Gasteiger charge is -2.29. The number of hydrogen-bond donors (Lipinski definition) is 2. The second kappa shape index (κ2) is 5.19. The normalized spacial score (nSPS) is 22.2. The lowest BCUT2D eigenvalue weighted by atomic mass is 9.97. The van der Waals surface area contributed by atoms with Gasteiger partial charge in [0, 0.05) is 31.0 Å². The van der Waals surface area contributed by atoms with Crippen LogP contribution in [0.1, 0.15) is 31.4 Å². The summed E-state index contributed by atoms with van der Waals surface area (Å²) in [7, 11) is 0. The fraction of sp³-hybridized carbons (Fsp3) is 0.769. The lowest BCUT2D eigenvalue weighted by molar-refractivity contribution is 0.188. The van der Waals surface area contributed by atoms with Crippen molar-refractivity contribution in [3.63, 3.8) is 0 Å². The minimum absolute atomic E-state index is 0.841. The molecule has 4 heteroatoms. The molecule has 1 saturated heterocycles. The van der Waals surface area contributed by atoms with E-state index in [9.17, 15) is 0 Å². The van der Waals surface area contributed by atoms with E-state index in [1.807, 2.05) is 6.20 Å². The molecule has 0 atom stereocenters. The zero-order valence-corrected chi connectivity index (χ0v) is 10.4. The molecule has 0 unspecified atom stereocenters. The summed E-state index contributed by atoms with van der Waals surface area (Å²) < 4.78 is 0. The maximum atomic E-state index is 4.11. The van der Waals surface area contributed by atoms with Gasteiger partial charge in [-0.1, -0.05) is 0 Å². The summed E-state index contributed by atoms with van der Waals surface area (Å²) in [6.45, 7) is 4.72. The van der Waals surface area contributed by atoms with Crippen LogP contribution in [0.15, 0.2) is 12.5 Å². The van der Waals surface area contributed by atoms with Crippen LogP contribution in [0.5, 0.6) is 0 Å². The van der Waals surface area contributed by atoms with Crippen LogP contribution >= 0.6 is 0 Å². The van der Waals surface area contributed by atoms with Gasteiger partial charge in [-0.15, -0.1) is 0 Å². The second-order valence-corrected chi connectivity index (χ2v) is 5.43. The van der Waals surface area contributed by atoms with Crippen molar-refractivity contribution in [2.75, 3.05) is 19.6 Å². The molecule has 1 saturated carbocycles. The van der Waals surface area contributed by atoms with Gasteiger partial charge in [-0.05, 0) is 44.7 Å². The predicted octanol–water partition coefficient (Wildman–Crippen LogP) is 1.37. The highest BCUT2D eigenvalue weighted by molar-refractivity contribution is 4.97. The number of nitrogens with zero attached hydrogens (tertiary/aromatic N) is 2. The molecule has 3 rings (SSSR count). The van der Waals surface area contributed by atoms with E-state index in [2.05, 4.69) is 20.2 Å². The number of H-pyrrole nitrogens is 1. The fourth-order valence-corrected chi connectivity index (χ4v) is 2.77. The average molecular weight is 234 g/mol. The second-order valence-electron chi connectivity index (χ2n) is 5.43. The maximum Gasteiger partial charge on any atom is 0.0922 e. The zero-order chi connectivity index (χ0) is 11.5. The van der Waals surface area contributed by atoms with Crippen molar-refractivity contribution in [1.29, 1.82) is 0 Å². The molecule has 2 aliphatic rings. The SMILES string of the molecule is c1ncc(CN(CC2CCNCC2)C2CC2)[nH]1. The molecule has 0 spiro atoms. The van der Waals surface area contributed by atoms with E-state index < -0.39 is 0 Å². The van der Waals surface area contributed by atoms with Gasteiger partial charge < -0.3 is 10.3 Å². The Hall–Kier alpha value is -0.870. The van der Waals surface area contributed by atoms with E-state index in [1.54, 1.807) is 6.33 Å². The summed E-state index contributed by atoms with van der Waals surface area (Å²) in [6, 6.07) is 0.841. The first-order valence-electron chi connectivity index (χ1n) is 6.84. The van der Waals surface area contributed by atoms with Gasteiger partial charge in [-0.2, -0.15) is 0 Å². The molecule has 0 amide bonds. The van der Waals surface area contributed by atoms with Crippen LogP contribution in [-0.4, -0.2) is 40.5 Å². The molecule has 17 heavy (non-hydrogen) atoms. The first-order chi connectivity index (χ1) is 8.42. The standard InChI is InChI=1S/C13H22N4/c1-2-13(1)17(9-12-7-15-10-16-12)8-11-3-5-14-6-4-11/h7,10-11,13-14H,1-6,8-9H2,(H,15,16). The highest BCUT2D eigenvalue weighted by Crippen LogP contribution is 2.30. The Morgan fingerprint density at radius 3 is 2.71 bits per heavy atom. The molecule has 2 N–H and O–H groups in total. The molecule has 2 fully saturated rings. The van der Waals surface area contributed by atoms with E-state index in [0.717, 1.165) is 18.5 Å². The zero-order valence-electron chi connectivity index (χ0n) is 10.4. The molecule has 0 bridgehead atoms. The Balaban J connectivity index is 1.56. The number of imidazole rings is 1. The molecule has 0 radical (unpaired) electrons. The Bertz CT molecular complexity index is 325. The average Bonchev–Trinajstić information content (AvgIpc) is 3.09. The van der Waals surface area contributed by atoms with E-state index in [1.165, 1.54) is 51.0 Å². The summed E-state index contributed by atoms with van der Waals surface area (Å²) in [5.74, 6) is 0.889. The molecule has 1 aliphatic carbocycles. The van der Waals surface area contributed by atoms with Crippen molar-refractivity contribution in [3.8, 4) is 0 Å². The minimum Gasteiger partial charge on any atom is -0.347 e. The first kappa shape index (κ1) is 11.2. The van der Waals surface area contributed by atoms with Crippen molar-refractivity contribution in [2.24, 2.45) is 5.92 Å². The third-order valence-electron chi connectivity index (χ3n) is 3.94. The quantitative estimate of drug-likeness (QED) is 0.809. The van der Waals surface area contributed by atoms with Gasteiger partial charge in [-0.3, -0.25) is 4.90 Å². The van der Waals surface area contributed by atoms with E-state index in [0.29, 0.717) is 0 Å². The third-order valence-corrected chi connectivity index (χ3v) is 3.94. The summed E-state index contributed by atoms with van der Waals surface area (Å²) in [5.41, 5.74) is 1.26. The van der Waals surface area contributed by atoms with Crippen LogP contribution in [0.2, 0.25) is 0 Å². The number of piperidine rings is 1. The van der Waals surface area contributed by atoms with Gasteiger partial charge in [0.1, 0.15) is 0 Å². The highest BCUT2D eigenvalue weighted by atomic mass is 15.2. The third kappa shape index (κ3) is 3.07. The summed E-state index contributed by atoms with van der Waals surface area (Å²) >= 11 is 0. The van der Waals surface area contributed by atoms with E-state index >= 15 is 0 Å². The van der Waals surface area contributed by atoms with E-state index in [4.69, 9.17) is 0 Å². The van der Waals surface area contributed by atoms with Crippen LogP contribution in [-0.2, 0) is 6.54 Å². The molecule has 4 nitrogen and oxygen atoms in total. The minimum atomic E-state index is 0.841. The van der Waals surface area contributed by atoms with Gasteiger partial charge in [0.05, 0.1) is 6.33 Å². The van der Waals surface area contributed by atoms with Crippen LogP contribution in [0, 0.1) is 5.92 Å². The predicted molar refractivity (Wildman–Crippen MR) is 67.6 cm³/mol. The fourth-order valence-electron chi connectivity index (χ4n) is 2.77. The molecule has 2 heterocycles. The summed E-state index contributed by atoms with van der Waals surface area (Å²) in [5, 5.41) is 3.44. The van der Waals surface area contributed by atoms with Crippen molar-refractivity contribution in [2.45, 2.75) is 38.3 Å². The number of aromatic amines is 1. The molecule has 94 valence electrons. The Morgan fingerprint density at radius 2 is 2.06 bits per heavy atom. The Kier molecular flexibility index (Phi) is 3.43. The molecule has 1 aliphatic heterocycles. The number of aromatic nitrogens is 2. The van der Waals surface area contributed by atoms with Crippen molar-refractivity contribution in [1.82, 2.24) is 20.2 Å². The van der Waals surface area contributed by atoms with Crippen LogP contribution < -0.4 is 5.32 Å². The van der Waals surface area contributed by atoms with Crippen molar-refractivity contribution < 1.29 is 0 Å². The number of nitrogens with one attached hydrogen (secondary N) is 2. The van der Waals surface area contributed by atoms with Gasteiger partial charge in [0.15, 0.2) is 0 Å². The van der Waals surface area contributed by atoms with Crippen LogP contribution in [0.25, 0.3) is 0 Å². The van der Waals surface area contributed by atoms with Gasteiger partial charge in [0.2, 0.25) is 0 Å². The molecule has 1 aromatic heterocycles.